The van der Waals surface area contributed by atoms with Gasteiger partial charge < -0.3 is 20.4 Å². The van der Waals surface area contributed by atoms with Gasteiger partial charge in [0, 0.05) is 14.1 Å². The number of nitrogens with zero attached hydrogens (tertiary/aromatic N) is 2. The molecule has 1 fully saturated rings. The van der Waals surface area contributed by atoms with Gasteiger partial charge in [0.25, 0.3) is 0 Å². The first-order chi connectivity index (χ1) is 9.72. The Kier molecular flexibility index (Phi) is 5.69. The van der Waals surface area contributed by atoms with Gasteiger partial charge in [-0.05, 0) is 5.92 Å². The highest BCUT2D eigenvalue weighted by Gasteiger charge is 2.29. The highest BCUT2D eigenvalue weighted by Crippen LogP contribution is 2.06. The van der Waals surface area contributed by atoms with Gasteiger partial charge in [-0.1, -0.05) is 13.8 Å². The van der Waals surface area contributed by atoms with E-state index in [0.717, 1.165) is 0 Å². The number of nitrogens with one attached hydrogen (secondary N) is 2. The van der Waals surface area contributed by atoms with Crippen molar-refractivity contribution in [2.75, 3.05) is 33.7 Å². The van der Waals surface area contributed by atoms with Gasteiger partial charge in [0.1, 0.15) is 6.04 Å². The van der Waals surface area contributed by atoms with Gasteiger partial charge in [-0.25, -0.2) is 0 Å². The van der Waals surface area contributed by atoms with Crippen molar-refractivity contribution in [2.45, 2.75) is 19.9 Å². The van der Waals surface area contributed by atoms with E-state index in [2.05, 4.69) is 10.6 Å². The lowest BCUT2D eigenvalue weighted by atomic mass is 10.0. The molecule has 1 saturated heterocycles. The summed E-state index contributed by atoms with van der Waals surface area (Å²) in [6.45, 7) is 3.09. The van der Waals surface area contributed by atoms with Crippen molar-refractivity contribution in [3.63, 3.8) is 0 Å². The molecule has 0 radical (unpaired) electrons. The molecule has 0 bridgehead atoms. The molecule has 2 N–H and O–H groups in total. The molecule has 8 nitrogen and oxygen atoms in total. The number of carbonyl (C=O) groups excluding carboxylic acids is 4. The Hall–Kier alpha value is -2.12. The predicted molar refractivity (Wildman–Crippen MR) is 75.1 cm³/mol. The number of amides is 4. The minimum absolute atomic E-state index is 0.129. The van der Waals surface area contributed by atoms with Crippen LogP contribution in [0, 0.1) is 5.92 Å². The van der Waals surface area contributed by atoms with Crippen LogP contribution < -0.4 is 10.6 Å². The number of hydrogen-bond acceptors (Lipinski definition) is 4. The van der Waals surface area contributed by atoms with Gasteiger partial charge in [-0.2, -0.15) is 0 Å². The summed E-state index contributed by atoms with van der Waals surface area (Å²) in [5.74, 6) is -1.65. The molecule has 1 aliphatic rings. The molecule has 0 spiro atoms. The summed E-state index contributed by atoms with van der Waals surface area (Å²) in [5, 5.41) is 5.01. The van der Waals surface area contributed by atoms with Gasteiger partial charge in [-0.15, -0.1) is 0 Å². The maximum atomic E-state index is 12.3. The van der Waals surface area contributed by atoms with Gasteiger partial charge in [0.15, 0.2) is 0 Å². The van der Waals surface area contributed by atoms with Gasteiger partial charge in [0.2, 0.25) is 23.6 Å². The van der Waals surface area contributed by atoms with Crippen LogP contribution in [0.2, 0.25) is 0 Å². The highest BCUT2D eigenvalue weighted by molar-refractivity contribution is 5.94. The normalized spacial score (nSPS) is 22.6. The second-order valence-electron chi connectivity index (χ2n) is 5.51. The van der Waals surface area contributed by atoms with Crippen LogP contribution in [0.3, 0.4) is 0 Å². The molecular weight excluding hydrogens is 276 g/mol. The largest absolute Gasteiger partial charge is 0.345 e. The summed E-state index contributed by atoms with van der Waals surface area (Å²) in [4.78, 5) is 50.1. The first-order valence-corrected chi connectivity index (χ1v) is 6.77. The van der Waals surface area contributed by atoms with Crippen LogP contribution in [0.5, 0.6) is 0 Å². The summed E-state index contributed by atoms with van der Waals surface area (Å²) < 4.78 is 0. The van der Waals surface area contributed by atoms with Crippen LogP contribution in [-0.4, -0.2) is 73.2 Å². The second-order valence-corrected chi connectivity index (χ2v) is 5.51. The smallest absolute Gasteiger partial charge is 0.245 e. The molecule has 0 aromatic heterocycles. The summed E-state index contributed by atoms with van der Waals surface area (Å²) in [6, 6.07) is -0.725. The van der Waals surface area contributed by atoms with E-state index >= 15 is 0 Å². The minimum atomic E-state index is -0.725. The predicted octanol–water partition coefficient (Wildman–Crippen LogP) is -1.83. The van der Waals surface area contributed by atoms with Crippen LogP contribution in [0.15, 0.2) is 0 Å². The Bertz CT molecular complexity index is 449. The zero-order valence-electron chi connectivity index (χ0n) is 12.8. The molecule has 4 amide bonds. The number of hydrogen-bond donors (Lipinski definition) is 2. The fourth-order valence-corrected chi connectivity index (χ4v) is 1.92. The minimum Gasteiger partial charge on any atom is -0.345 e. The number of likely N-dealkylation sites (N-methyl/N-ethyl adjacent to an activating group) is 2. The Morgan fingerprint density at radius 2 is 1.62 bits per heavy atom. The van der Waals surface area contributed by atoms with E-state index in [1.807, 2.05) is 0 Å². The van der Waals surface area contributed by atoms with Crippen LogP contribution in [0.1, 0.15) is 13.8 Å². The van der Waals surface area contributed by atoms with Crippen LogP contribution >= 0.6 is 0 Å². The van der Waals surface area contributed by atoms with E-state index in [1.54, 1.807) is 13.8 Å². The van der Waals surface area contributed by atoms with Crippen molar-refractivity contribution < 1.29 is 19.2 Å². The van der Waals surface area contributed by atoms with Crippen molar-refractivity contribution in [1.29, 1.82) is 0 Å². The van der Waals surface area contributed by atoms with Crippen molar-refractivity contribution in [2.24, 2.45) is 5.92 Å². The monoisotopic (exact) mass is 298 g/mol. The van der Waals surface area contributed by atoms with Gasteiger partial charge >= 0.3 is 0 Å². The summed E-state index contributed by atoms with van der Waals surface area (Å²) in [7, 11) is 2.98. The molecule has 21 heavy (non-hydrogen) atoms. The maximum absolute atomic E-state index is 12.3. The Balaban J connectivity index is 2.96. The third-order valence-corrected chi connectivity index (χ3v) is 3.25. The third-order valence-electron chi connectivity index (χ3n) is 3.25. The van der Waals surface area contributed by atoms with Crippen molar-refractivity contribution in [3.05, 3.63) is 0 Å². The number of rotatable bonds is 1. The van der Waals surface area contributed by atoms with E-state index in [9.17, 15) is 19.2 Å². The molecular formula is C13H22N4O4. The van der Waals surface area contributed by atoms with Crippen LogP contribution in [-0.2, 0) is 19.2 Å². The first kappa shape index (κ1) is 16.9. The highest BCUT2D eigenvalue weighted by atomic mass is 16.2. The quantitative estimate of drug-likeness (QED) is 0.595. The van der Waals surface area contributed by atoms with E-state index < -0.39 is 17.9 Å². The molecule has 0 aromatic carbocycles. The summed E-state index contributed by atoms with van der Waals surface area (Å²) >= 11 is 0. The molecule has 0 aromatic rings. The molecule has 1 heterocycles. The van der Waals surface area contributed by atoms with Gasteiger partial charge in [0.05, 0.1) is 19.6 Å². The van der Waals surface area contributed by atoms with Crippen molar-refractivity contribution >= 4 is 23.6 Å². The Morgan fingerprint density at radius 3 is 2.19 bits per heavy atom. The second kappa shape index (κ2) is 7.05. The summed E-state index contributed by atoms with van der Waals surface area (Å²) in [6.07, 6.45) is 0. The maximum Gasteiger partial charge on any atom is 0.245 e. The fourth-order valence-electron chi connectivity index (χ4n) is 1.92. The zero-order chi connectivity index (χ0) is 16.2. The molecule has 118 valence electrons. The lowest BCUT2D eigenvalue weighted by molar-refractivity contribution is -0.143. The SMILES string of the molecule is CC(C)[C@@H]1NC(=O)CNC(=O)CN(C)C(=O)CN(C)C1=O. The van der Waals surface area contributed by atoms with Crippen molar-refractivity contribution in [1.82, 2.24) is 20.4 Å². The lowest BCUT2D eigenvalue weighted by Crippen LogP contribution is -2.55. The molecule has 8 heteroatoms. The lowest BCUT2D eigenvalue weighted by Gasteiger charge is -2.29. The third kappa shape index (κ3) is 4.73. The van der Waals surface area contributed by atoms with Crippen LogP contribution in [0.4, 0.5) is 0 Å². The summed E-state index contributed by atoms with van der Waals surface area (Å²) in [5.41, 5.74) is 0. The van der Waals surface area contributed by atoms with Gasteiger partial charge in [-0.3, -0.25) is 19.2 Å². The molecule has 1 rings (SSSR count). The van der Waals surface area contributed by atoms with Crippen molar-refractivity contribution in [3.8, 4) is 0 Å². The Labute approximate surface area is 123 Å². The number of carbonyl (C=O) groups is 4. The Morgan fingerprint density at radius 1 is 1.00 bits per heavy atom. The average Bonchev–Trinajstić information content (AvgIpc) is 2.40. The molecule has 0 unspecified atom stereocenters. The molecule has 0 aliphatic carbocycles. The first-order valence-electron chi connectivity index (χ1n) is 6.77. The standard InChI is InChI=1S/C13H22N4O4/c1-8(2)12-13(21)17(4)7-11(20)16(3)6-10(19)14-5-9(18)15-12/h8,12H,5-7H2,1-4H3,(H,14,19)(H,15,18)/t12-/m0/s1. The molecule has 1 aliphatic heterocycles. The van der Waals surface area contributed by atoms with E-state index in [1.165, 1.54) is 23.9 Å². The fraction of sp³-hybridized carbons (Fsp3) is 0.692. The van der Waals surface area contributed by atoms with Crippen LogP contribution in [0.25, 0.3) is 0 Å². The topological polar surface area (TPSA) is 98.8 Å². The van der Waals surface area contributed by atoms with E-state index in [0.29, 0.717) is 0 Å². The molecule has 0 saturated carbocycles. The zero-order valence-corrected chi connectivity index (χ0v) is 12.8. The molecule has 1 atom stereocenters. The van der Waals surface area contributed by atoms with E-state index in [4.69, 9.17) is 0 Å². The average molecular weight is 298 g/mol. The van der Waals surface area contributed by atoms with E-state index in [-0.39, 0.29) is 37.4 Å².